The normalized spacial score (nSPS) is 19.7. The second-order valence-electron chi connectivity index (χ2n) is 5.31. The molecule has 1 heterocycles. The van der Waals surface area contributed by atoms with Gasteiger partial charge in [-0.05, 0) is 56.9 Å². The van der Waals surface area contributed by atoms with Crippen molar-refractivity contribution in [2.45, 2.75) is 31.6 Å². The number of benzene rings is 1. The molecule has 2 rings (SSSR count). The van der Waals surface area contributed by atoms with E-state index in [2.05, 4.69) is 24.1 Å². The van der Waals surface area contributed by atoms with Gasteiger partial charge in [-0.3, -0.25) is 4.79 Å². The minimum absolute atomic E-state index is 0.420. The Labute approximate surface area is 108 Å². The summed E-state index contributed by atoms with van der Waals surface area (Å²) >= 11 is 0. The van der Waals surface area contributed by atoms with Gasteiger partial charge in [-0.25, -0.2) is 0 Å². The predicted octanol–water partition coefficient (Wildman–Crippen LogP) is 2.68. The van der Waals surface area contributed by atoms with E-state index >= 15 is 0 Å². The van der Waals surface area contributed by atoms with Gasteiger partial charge in [-0.2, -0.15) is 0 Å². The molecule has 1 saturated heterocycles. The zero-order chi connectivity index (χ0) is 13.1. The van der Waals surface area contributed by atoms with E-state index in [9.17, 15) is 4.79 Å². The zero-order valence-electron chi connectivity index (χ0n) is 11.1. The molecule has 0 amide bonds. The standard InChI is InChI=1S/C15H21NO2/c1-11(15(17)18)13-4-3-5-14(10-13)12-6-8-16(2)9-7-12/h3-5,10-12H,6-9H2,1-2H3,(H,17,18). The molecule has 0 spiro atoms. The lowest BCUT2D eigenvalue weighted by Gasteiger charge is -2.29. The highest BCUT2D eigenvalue weighted by molar-refractivity contribution is 5.75. The van der Waals surface area contributed by atoms with Crippen molar-refractivity contribution in [2.24, 2.45) is 0 Å². The number of hydrogen-bond acceptors (Lipinski definition) is 2. The largest absolute Gasteiger partial charge is 0.481 e. The lowest BCUT2D eigenvalue weighted by Crippen LogP contribution is -2.29. The number of aliphatic carboxylic acids is 1. The van der Waals surface area contributed by atoms with Gasteiger partial charge in [0.05, 0.1) is 5.92 Å². The molecular weight excluding hydrogens is 226 g/mol. The van der Waals surface area contributed by atoms with Gasteiger partial charge in [-0.15, -0.1) is 0 Å². The van der Waals surface area contributed by atoms with E-state index in [0.717, 1.165) is 18.7 Å². The Morgan fingerprint density at radius 2 is 2.06 bits per heavy atom. The van der Waals surface area contributed by atoms with Crippen molar-refractivity contribution in [2.75, 3.05) is 20.1 Å². The Bertz CT molecular complexity index is 422. The third-order valence-corrected chi connectivity index (χ3v) is 3.97. The Balaban J connectivity index is 2.14. The van der Waals surface area contributed by atoms with Crippen LogP contribution in [0.15, 0.2) is 24.3 Å². The molecule has 1 N–H and O–H groups in total. The number of carboxylic acid groups (broad SMARTS) is 1. The quantitative estimate of drug-likeness (QED) is 0.892. The lowest BCUT2D eigenvalue weighted by atomic mass is 9.87. The Hall–Kier alpha value is -1.35. The van der Waals surface area contributed by atoms with Gasteiger partial charge in [0.2, 0.25) is 0 Å². The van der Waals surface area contributed by atoms with Gasteiger partial charge >= 0.3 is 5.97 Å². The molecule has 0 aliphatic carbocycles. The number of carbonyl (C=O) groups is 1. The van der Waals surface area contributed by atoms with Gasteiger partial charge < -0.3 is 10.0 Å². The number of likely N-dealkylation sites (tertiary alicyclic amines) is 1. The average Bonchev–Trinajstić information content (AvgIpc) is 2.38. The van der Waals surface area contributed by atoms with E-state index < -0.39 is 11.9 Å². The van der Waals surface area contributed by atoms with Crippen LogP contribution in [0.4, 0.5) is 0 Å². The number of rotatable bonds is 3. The van der Waals surface area contributed by atoms with Crippen LogP contribution in [0, 0.1) is 0 Å². The molecule has 1 atom stereocenters. The third kappa shape index (κ3) is 2.91. The lowest BCUT2D eigenvalue weighted by molar-refractivity contribution is -0.138. The topological polar surface area (TPSA) is 40.5 Å². The molecule has 1 unspecified atom stereocenters. The number of hydrogen-bond donors (Lipinski definition) is 1. The van der Waals surface area contributed by atoms with Gasteiger partial charge in [0.1, 0.15) is 0 Å². The maximum absolute atomic E-state index is 11.0. The summed E-state index contributed by atoms with van der Waals surface area (Å²) in [5, 5.41) is 9.06. The van der Waals surface area contributed by atoms with E-state index in [1.807, 2.05) is 12.1 Å². The predicted molar refractivity (Wildman–Crippen MR) is 72.0 cm³/mol. The number of piperidine rings is 1. The SMILES string of the molecule is CC(C(=O)O)c1cccc(C2CCN(C)CC2)c1. The number of nitrogens with zero attached hydrogens (tertiary/aromatic N) is 1. The molecule has 3 heteroatoms. The van der Waals surface area contributed by atoms with Crippen LogP contribution in [0.2, 0.25) is 0 Å². The summed E-state index contributed by atoms with van der Waals surface area (Å²) < 4.78 is 0. The first-order chi connectivity index (χ1) is 8.58. The van der Waals surface area contributed by atoms with Crippen molar-refractivity contribution in [1.29, 1.82) is 0 Å². The van der Waals surface area contributed by atoms with Crippen LogP contribution in [0.1, 0.15) is 42.7 Å². The molecule has 0 bridgehead atoms. The summed E-state index contributed by atoms with van der Waals surface area (Å²) in [6.45, 7) is 4.00. The smallest absolute Gasteiger partial charge is 0.310 e. The third-order valence-electron chi connectivity index (χ3n) is 3.97. The van der Waals surface area contributed by atoms with E-state index in [4.69, 9.17) is 5.11 Å². The second kappa shape index (κ2) is 5.53. The van der Waals surface area contributed by atoms with Crippen LogP contribution in [0.5, 0.6) is 0 Å². The molecule has 0 aromatic heterocycles. The molecule has 1 aliphatic heterocycles. The molecule has 1 aromatic rings. The van der Waals surface area contributed by atoms with Crippen LogP contribution in [-0.4, -0.2) is 36.1 Å². The fraction of sp³-hybridized carbons (Fsp3) is 0.533. The molecule has 1 fully saturated rings. The summed E-state index contributed by atoms with van der Waals surface area (Å²) in [7, 11) is 2.15. The monoisotopic (exact) mass is 247 g/mol. The van der Waals surface area contributed by atoms with Crippen LogP contribution in [0.25, 0.3) is 0 Å². The maximum atomic E-state index is 11.0. The van der Waals surface area contributed by atoms with Gasteiger partial charge in [0, 0.05) is 0 Å². The first-order valence-corrected chi connectivity index (χ1v) is 6.59. The molecular formula is C15H21NO2. The van der Waals surface area contributed by atoms with E-state index in [1.165, 1.54) is 18.4 Å². The minimum Gasteiger partial charge on any atom is -0.481 e. The van der Waals surface area contributed by atoms with Crippen molar-refractivity contribution in [3.8, 4) is 0 Å². The summed E-state index contributed by atoms with van der Waals surface area (Å²) in [4.78, 5) is 13.4. The van der Waals surface area contributed by atoms with Crippen LogP contribution < -0.4 is 0 Å². The van der Waals surface area contributed by atoms with Gasteiger partial charge in [0.25, 0.3) is 0 Å². The molecule has 0 saturated carbocycles. The first-order valence-electron chi connectivity index (χ1n) is 6.59. The molecule has 1 aromatic carbocycles. The Morgan fingerprint density at radius 1 is 1.39 bits per heavy atom. The Morgan fingerprint density at radius 3 is 2.67 bits per heavy atom. The van der Waals surface area contributed by atoms with Crippen molar-refractivity contribution in [3.05, 3.63) is 35.4 Å². The summed E-state index contributed by atoms with van der Waals surface area (Å²) in [5.41, 5.74) is 2.22. The van der Waals surface area contributed by atoms with Gasteiger partial charge in [-0.1, -0.05) is 24.3 Å². The maximum Gasteiger partial charge on any atom is 0.310 e. The first kappa shape index (κ1) is 13.1. The summed E-state index contributed by atoms with van der Waals surface area (Å²) in [6.07, 6.45) is 2.34. The number of carboxylic acids is 1. The van der Waals surface area contributed by atoms with Crippen LogP contribution in [0.3, 0.4) is 0 Å². The minimum atomic E-state index is -0.754. The summed E-state index contributed by atoms with van der Waals surface area (Å²) in [6, 6.07) is 8.11. The highest BCUT2D eigenvalue weighted by atomic mass is 16.4. The van der Waals surface area contributed by atoms with Crippen molar-refractivity contribution in [3.63, 3.8) is 0 Å². The fourth-order valence-corrected chi connectivity index (χ4v) is 2.57. The molecule has 3 nitrogen and oxygen atoms in total. The molecule has 0 radical (unpaired) electrons. The zero-order valence-corrected chi connectivity index (χ0v) is 11.1. The van der Waals surface area contributed by atoms with Crippen molar-refractivity contribution >= 4 is 5.97 Å². The average molecular weight is 247 g/mol. The van der Waals surface area contributed by atoms with Gasteiger partial charge in [0.15, 0.2) is 0 Å². The van der Waals surface area contributed by atoms with Crippen LogP contribution in [-0.2, 0) is 4.79 Å². The molecule has 98 valence electrons. The van der Waals surface area contributed by atoms with Crippen molar-refractivity contribution in [1.82, 2.24) is 4.90 Å². The fourth-order valence-electron chi connectivity index (χ4n) is 2.57. The van der Waals surface area contributed by atoms with E-state index in [1.54, 1.807) is 6.92 Å². The van der Waals surface area contributed by atoms with E-state index in [0.29, 0.717) is 5.92 Å². The Kier molecular flexibility index (Phi) is 4.02. The highest BCUT2D eigenvalue weighted by Crippen LogP contribution is 2.29. The van der Waals surface area contributed by atoms with Crippen LogP contribution >= 0.6 is 0 Å². The summed E-state index contributed by atoms with van der Waals surface area (Å²) in [5.74, 6) is -0.589. The van der Waals surface area contributed by atoms with E-state index in [-0.39, 0.29) is 0 Å². The second-order valence-corrected chi connectivity index (χ2v) is 5.31. The van der Waals surface area contributed by atoms with Crippen molar-refractivity contribution < 1.29 is 9.90 Å². The molecule has 1 aliphatic rings. The highest BCUT2D eigenvalue weighted by Gasteiger charge is 2.20. The molecule has 18 heavy (non-hydrogen) atoms.